The van der Waals surface area contributed by atoms with Crippen LogP contribution in [0.4, 0.5) is 21.6 Å². The molecule has 7 aliphatic rings. The lowest BCUT2D eigenvalue weighted by Crippen LogP contribution is -2.58. The van der Waals surface area contributed by atoms with Gasteiger partial charge in [-0.25, -0.2) is 14.4 Å². The Morgan fingerprint density at radius 2 is 1.47 bits per heavy atom. The van der Waals surface area contributed by atoms with Gasteiger partial charge in [0.05, 0.1) is 40.7 Å². The second kappa shape index (κ2) is 20.7. The van der Waals surface area contributed by atoms with E-state index in [0.29, 0.717) is 87.9 Å². The van der Waals surface area contributed by atoms with Crippen molar-refractivity contribution in [3.63, 3.8) is 0 Å². The molecule has 2 saturated carbocycles. The lowest BCUT2D eigenvalue weighted by molar-refractivity contribution is -0.145. The van der Waals surface area contributed by atoms with Gasteiger partial charge >= 0.3 is 0 Å². The number of halogens is 1. The fourth-order valence-electron chi connectivity index (χ4n) is 13.7. The highest BCUT2D eigenvalue weighted by Crippen LogP contribution is 2.52. The summed E-state index contributed by atoms with van der Waals surface area (Å²) in [6.07, 6.45) is 13.7. The molecule has 2 N–H and O–H groups in total. The third-order valence-corrected chi connectivity index (χ3v) is 18.2. The summed E-state index contributed by atoms with van der Waals surface area (Å²) in [5, 5.41) is 5.71. The SMILES string of the molecule is CC(C)n1cnc2cc(-c3ccc4c(c3)N([C@H]3C[C@@H](N5CCCCC5)C3)C(=O)C43CCN(C(=O)C4CCN(C(=O)[C@H]5CC[C@H](Oc6ccc(C7CCC(=O)NC7=O)cc6)CC5)CC4)CC3)nc(Nc3ccccc3F)c21. The molecule has 16 heteroatoms. The molecule has 5 aromatic rings. The van der Waals surface area contributed by atoms with Gasteiger partial charge in [0.15, 0.2) is 5.82 Å². The number of imidazole rings is 1. The Labute approximate surface area is 443 Å². The van der Waals surface area contributed by atoms with Crippen LogP contribution in [0.5, 0.6) is 5.75 Å². The van der Waals surface area contributed by atoms with Gasteiger partial charge in [-0.1, -0.05) is 42.8 Å². The Balaban J connectivity index is 0.699. The van der Waals surface area contributed by atoms with Gasteiger partial charge in [0, 0.05) is 73.8 Å². The van der Waals surface area contributed by atoms with Crippen molar-refractivity contribution < 1.29 is 33.1 Å². The molecule has 2 aliphatic carbocycles. The second-order valence-corrected chi connectivity index (χ2v) is 23.0. The van der Waals surface area contributed by atoms with E-state index in [-0.39, 0.29) is 71.3 Å². The van der Waals surface area contributed by atoms with Crippen molar-refractivity contribution >= 4 is 57.8 Å². The minimum atomic E-state index is -0.742. The highest BCUT2D eigenvalue weighted by Gasteiger charge is 2.56. The van der Waals surface area contributed by atoms with E-state index < -0.39 is 5.41 Å². The normalized spacial score (nSPS) is 25.2. The molecule has 398 valence electrons. The molecule has 2 aromatic heterocycles. The van der Waals surface area contributed by atoms with E-state index in [0.717, 1.165) is 90.8 Å². The number of carbonyl (C=O) groups is 5. The van der Waals surface area contributed by atoms with E-state index in [2.05, 4.69) is 52.5 Å². The zero-order valence-corrected chi connectivity index (χ0v) is 43.9. The quantitative estimate of drug-likeness (QED) is 0.122. The van der Waals surface area contributed by atoms with Gasteiger partial charge in [-0.2, -0.15) is 0 Å². The molecule has 0 bridgehead atoms. The Kier molecular flexibility index (Phi) is 13.7. The number of aromatic nitrogens is 3. The first-order valence-corrected chi connectivity index (χ1v) is 28.2. The highest BCUT2D eigenvalue weighted by molar-refractivity contribution is 6.09. The number of fused-ring (bicyclic) bond motifs is 3. The van der Waals surface area contributed by atoms with E-state index in [9.17, 15) is 19.2 Å². The second-order valence-electron chi connectivity index (χ2n) is 23.0. The van der Waals surface area contributed by atoms with E-state index in [4.69, 9.17) is 14.7 Å². The van der Waals surface area contributed by atoms with Crippen molar-refractivity contribution in [2.45, 2.75) is 146 Å². The van der Waals surface area contributed by atoms with Crippen molar-refractivity contribution in [1.82, 2.24) is 34.6 Å². The predicted octanol–water partition coefficient (Wildman–Crippen LogP) is 9.18. The molecule has 1 unspecified atom stereocenters. The predicted molar refractivity (Wildman–Crippen MR) is 287 cm³/mol. The van der Waals surface area contributed by atoms with Gasteiger partial charge in [-0.05, 0) is 158 Å². The Hall–Kier alpha value is -6.68. The summed E-state index contributed by atoms with van der Waals surface area (Å²) in [4.78, 5) is 86.0. The summed E-state index contributed by atoms with van der Waals surface area (Å²) in [6.45, 7) is 8.52. The highest BCUT2D eigenvalue weighted by atomic mass is 19.1. The van der Waals surface area contributed by atoms with Gasteiger partial charge in [-0.3, -0.25) is 29.3 Å². The fraction of sp³-hybridized carbons (Fsp3) is 0.517. The standard InChI is InChI=1S/C60H70FN9O6/c1-37(2)69-36-62-51-35-50(64-55(54(51)69)63-49-9-5-4-8-48(49)61)41-14-20-47-52(32-41)70(43-33-42(34-43)66-26-6-3-7-27-66)59(75)60(47)24-30-68(31-25-60)58(74)40-22-28-67(29-23-40)57(73)39-12-17-45(18-13-39)76-44-15-10-38(11-16-44)46-19-21-53(71)65-56(46)72/h4-5,8-11,14-16,20,32,35-37,39-40,42-43,45-46H,3,6-7,12-13,17-19,21-31,33-34H2,1-2H3,(H,63,64)(H,65,71,72)/t39-,42-,43+,45-,46?. The maximum absolute atomic E-state index is 15.3. The number of rotatable bonds is 11. The topological polar surface area (TPSA) is 162 Å². The monoisotopic (exact) mass is 1030 g/mol. The van der Waals surface area contributed by atoms with Crippen LogP contribution in [0.1, 0.15) is 133 Å². The Morgan fingerprint density at radius 3 is 2.17 bits per heavy atom. The number of hydrogen-bond donors (Lipinski definition) is 2. The van der Waals surface area contributed by atoms with Gasteiger partial charge in [-0.15, -0.1) is 0 Å². The first-order valence-electron chi connectivity index (χ1n) is 28.2. The van der Waals surface area contributed by atoms with E-state index >= 15 is 9.18 Å². The molecule has 76 heavy (non-hydrogen) atoms. The van der Waals surface area contributed by atoms with Crippen LogP contribution < -0.4 is 20.3 Å². The first-order chi connectivity index (χ1) is 36.9. The summed E-state index contributed by atoms with van der Waals surface area (Å²) in [6, 6.07) is 23.1. The molecule has 4 saturated heterocycles. The van der Waals surface area contributed by atoms with Crippen LogP contribution in [0.3, 0.4) is 0 Å². The van der Waals surface area contributed by atoms with Crippen molar-refractivity contribution in [2.24, 2.45) is 11.8 Å². The van der Waals surface area contributed by atoms with Crippen LogP contribution >= 0.6 is 0 Å². The van der Waals surface area contributed by atoms with Gasteiger partial charge in [0.25, 0.3) is 0 Å². The smallest absolute Gasteiger partial charge is 0.238 e. The van der Waals surface area contributed by atoms with Crippen LogP contribution in [-0.2, 0) is 29.4 Å². The largest absolute Gasteiger partial charge is 0.490 e. The maximum Gasteiger partial charge on any atom is 0.238 e. The van der Waals surface area contributed by atoms with E-state index in [1.165, 1.54) is 25.3 Å². The van der Waals surface area contributed by atoms with Crippen molar-refractivity contribution in [2.75, 3.05) is 49.5 Å². The molecule has 1 atom stereocenters. The number of anilines is 3. The average Bonchev–Trinajstić information content (AvgIpc) is 4.00. The third kappa shape index (κ3) is 9.42. The zero-order valence-electron chi connectivity index (χ0n) is 43.9. The third-order valence-electron chi connectivity index (χ3n) is 18.2. The molecule has 1 spiro atoms. The zero-order chi connectivity index (χ0) is 52.2. The van der Waals surface area contributed by atoms with Gasteiger partial charge in [0.2, 0.25) is 29.5 Å². The van der Waals surface area contributed by atoms with E-state index in [1.807, 2.05) is 44.7 Å². The summed E-state index contributed by atoms with van der Waals surface area (Å²) in [5.74, 6) is 0.275. The molecule has 0 radical (unpaired) electrons. The number of nitrogens with one attached hydrogen (secondary N) is 2. The lowest BCUT2D eigenvalue weighted by Gasteiger charge is -2.48. The fourth-order valence-corrected chi connectivity index (χ4v) is 13.7. The summed E-state index contributed by atoms with van der Waals surface area (Å²) >= 11 is 0. The van der Waals surface area contributed by atoms with Crippen LogP contribution in [0.15, 0.2) is 79.1 Å². The Bertz CT molecular complexity index is 3030. The molecular weight excluding hydrogens is 962 g/mol. The maximum atomic E-state index is 15.3. The number of piperidine rings is 4. The number of likely N-dealkylation sites (tertiary alicyclic amines) is 3. The Morgan fingerprint density at radius 1 is 0.776 bits per heavy atom. The number of hydrogen-bond acceptors (Lipinski definition) is 10. The number of benzene rings is 3. The average molecular weight is 1030 g/mol. The van der Waals surface area contributed by atoms with Crippen molar-refractivity contribution in [3.8, 4) is 17.0 Å². The number of nitrogens with zero attached hydrogens (tertiary/aromatic N) is 7. The molecule has 5 aliphatic heterocycles. The number of para-hydroxylation sites is 1. The summed E-state index contributed by atoms with van der Waals surface area (Å²) < 4.78 is 23.5. The summed E-state index contributed by atoms with van der Waals surface area (Å²) in [7, 11) is 0. The van der Waals surface area contributed by atoms with Crippen molar-refractivity contribution in [1.29, 1.82) is 0 Å². The minimum Gasteiger partial charge on any atom is -0.490 e. The molecule has 12 rings (SSSR count). The number of amides is 5. The molecule has 3 aromatic carbocycles. The lowest BCUT2D eigenvalue weighted by atomic mass is 9.73. The number of imide groups is 1. The molecule has 7 heterocycles. The number of carbonyl (C=O) groups excluding carboxylic acids is 5. The number of pyridine rings is 1. The molecule has 5 amide bonds. The van der Waals surface area contributed by atoms with E-state index in [1.54, 1.807) is 24.5 Å². The molecular formula is C60H70FN9O6. The van der Waals surface area contributed by atoms with Gasteiger partial charge < -0.3 is 34.2 Å². The van der Waals surface area contributed by atoms with Crippen LogP contribution in [0.25, 0.3) is 22.3 Å². The molecule has 15 nitrogen and oxygen atoms in total. The van der Waals surface area contributed by atoms with Gasteiger partial charge in [0.1, 0.15) is 17.1 Å². The van der Waals surface area contributed by atoms with Crippen molar-refractivity contribution in [3.05, 3.63) is 96.1 Å². The summed E-state index contributed by atoms with van der Waals surface area (Å²) in [5.41, 5.74) is 5.46. The number of ether oxygens (including phenoxy) is 1. The van der Waals surface area contributed by atoms with Crippen LogP contribution in [0.2, 0.25) is 0 Å². The first kappa shape index (κ1) is 50.2. The molecule has 6 fully saturated rings. The van der Waals surface area contributed by atoms with Crippen LogP contribution in [0, 0.1) is 17.7 Å². The van der Waals surface area contributed by atoms with Crippen LogP contribution in [-0.4, -0.2) is 116 Å². The minimum absolute atomic E-state index is 0.00580.